The summed E-state index contributed by atoms with van der Waals surface area (Å²) in [6, 6.07) is 4.75. The van der Waals surface area contributed by atoms with E-state index in [1.807, 2.05) is 0 Å². The number of rotatable bonds is 5. The van der Waals surface area contributed by atoms with E-state index in [-0.39, 0.29) is 16.0 Å². The maximum atomic E-state index is 12.0. The van der Waals surface area contributed by atoms with Gasteiger partial charge in [-0.25, -0.2) is 8.42 Å². The zero-order valence-corrected chi connectivity index (χ0v) is 13.1. The van der Waals surface area contributed by atoms with E-state index in [0.29, 0.717) is 11.5 Å². The summed E-state index contributed by atoms with van der Waals surface area (Å²) >= 11 is 0.866. The topological polar surface area (TPSA) is 140 Å². The smallest absolute Gasteiger partial charge is 0.279 e. The molecular weight excluding hydrogens is 346 g/mol. The molecule has 0 aliphatic carbocycles. The van der Waals surface area contributed by atoms with Crippen LogP contribution in [0, 0.1) is 0 Å². The maximum Gasteiger partial charge on any atom is 0.279 e. The lowest BCUT2D eigenvalue weighted by Crippen LogP contribution is -2.11. The third-order valence-corrected chi connectivity index (χ3v) is 3.87. The van der Waals surface area contributed by atoms with Crippen LogP contribution in [0.1, 0.15) is 10.5 Å². The molecule has 0 aliphatic heterocycles. The van der Waals surface area contributed by atoms with Gasteiger partial charge in [0, 0.05) is 6.07 Å². The minimum Gasteiger partial charge on any atom is -0.461 e. The van der Waals surface area contributed by atoms with Gasteiger partial charge in [0.05, 0.1) is 12.5 Å². The van der Waals surface area contributed by atoms with Crippen molar-refractivity contribution in [3.8, 4) is 11.5 Å². The Morgan fingerprint density at radius 2 is 2.04 bits per heavy atom. The highest BCUT2D eigenvalue weighted by Crippen LogP contribution is 2.23. The highest BCUT2D eigenvalue weighted by Gasteiger charge is 2.17. The standard InChI is InChI=1S/C11H9N5O5S2/c1-23(18,19)16-11-14-13-10(22-11)12-9(17)6-5-8(21-15-6)7-3-2-4-20-7/h2-5H,1H3,(H,14,16)(H,12,13,17). The molecule has 120 valence electrons. The molecular formula is C11H9N5O5S2. The van der Waals surface area contributed by atoms with Gasteiger partial charge in [-0.2, -0.15) is 0 Å². The summed E-state index contributed by atoms with van der Waals surface area (Å²) in [4.78, 5) is 12.0. The van der Waals surface area contributed by atoms with Crippen molar-refractivity contribution in [3.05, 3.63) is 30.2 Å². The van der Waals surface area contributed by atoms with Crippen LogP contribution in [0.25, 0.3) is 11.5 Å². The highest BCUT2D eigenvalue weighted by atomic mass is 32.2. The fourth-order valence-electron chi connectivity index (χ4n) is 1.55. The zero-order chi connectivity index (χ0) is 16.4. The van der Waals surface area contributed by atoms with E-state index in [2.05, 4.69) is 25.4 Å². The number of amides is 1. The molecule has 12 heteroatoms. The summed E-state index contributed by atoms with van der Waals surface area (Å²) in [7, 11) is -3.46. The van der Waals surface area contributed by atoms with Crippen LogP contribution in [0.2, 0.25) is 0 Å². The number of nitrogens with zero attached hydrogens (tertiary/aromatic N) is 3. The van der Waals surface area contributed by atoms with Crippen LogP contribution in [0.15, 0.2) is 33.4 Å². The lowest BCUT2D eigenvalue weighted by Gasteiger charge is -1.96. The molecule has 0 aromatic carbocycles. The Hall–Kier alpha value is -2.73. The molecule has 0 aliphatic rings. The molecule has 3 heterocycles. The monoisotopic (exact) mass is 355 g/mol. The molecule has 3 aromatic heterocycles. The van der Waals surface area contributed by atoms with Crippen LogP contribution in [0.3, 0.4) is 0 Å². The minimum absolute atomic E-state index is 0.0178. The van der Waals surface area contributed by atoms with E-state index in [4.69, 9.17) is 8.94 Å². The molecule has 0 unspecified atom stereocenters. The van der Waals surface area contributed by atoms with Crippen LogP contribution in [0.5, 0.6) is 0 Å². The predicted octanol–water partition coefficient (Wildman–Crippen LogP) is 1.41. The summed E-state index contributed by atoms with van der Waals surface area (Å²) in [6.07, 6.45) is 2.45. The molecule has 23 heavy (non-hydrogen) atoms. The summed E-state index contributed by atoms with van der Waals surface area (Å²) in [5, 5.41) is 13.5. The molecule has 0 saturated carbocycles. The van der Waals surface area contributed by atoms with E-state index >= 15 is 0 Å². The average molecular weight is 355 g/mol. The number of sulfonamides is 1. The van der Waals surface area contributed by atoms with E-state index in [1.165, 1.54) is 12.3 Å². The van der Waals surface area contributed by atoms with Crippen LogP contribution in [0.4, 0.5) is 10.3 Å². The van der Waals surface area contributed by atoms with Crippen molar-refractivity contribution in [2.75, 3.05) is 16.3 Å². The molecule has 0 radical (unpaired) electrons. The Morgan fingerprint density at radius 3 is 2.74 bits per heavy atom. The molecule has 0 atom stereocenters. The van der Waals surface area contributed by atoms with Crippen LogP contribution >= 0.6 is 11.3 Å². The van der Waals surface area contributed by atoms with Gasteiger partial charge >= 0.3 is 0 Å². The second kappa shape index (κ2) is 5.81. The summed E-state index contributed by atoms with van der Waals surface area (Å²) in [5.74, 6) is 0.164. The fourth-order valence-corrected chi connectivity index (χ4v) is 3.02. The number of carbonyl (C=O) groups is 1. The normalized spacial score (nSPS) is 11.3. The molecule has 0 fully saturated rings. The van der Waals surface area contributed by atoms with Gasteiger partial charge in [-0.05, 0) is 12.1 Å². The first-order valence-corrected chi connectivity index (χ1v) is 8.75. The number of anilines is 2. The van der Waals surface area contributed by atoms with Crippen molar-refractivity contribution in [3.63, 3.8) is 0 Å². The molecule has 0 saturated heterocycles. The Bertz CT molecular complexity index is 928. The fraction of sp³-hybridized carbons (Fsp3) is 0.0909. The summed E-state index contributed by atoms with van der Waals surface area (Å²) < 4.78 is 34.5. The van der Waals surface area contributed by atoms with Crippen LogP contribution in [-0.4, -0.2) is 35.9 Å². The maximum absolute atomic E-state index is 12.0. The Balaban J connectivity index is 1.70. The van der Waals surface area contributed by atoms with Gasteiger partial charge in [0.2, 0.25) is 26.0 Å². The molecule has 3 aromatic rings. The second-order valence-corrected chi connectivity index (χ2v) is 7.02. The third kappa shape index (κ3) is 3.73. The summed E-state index contributed by atoms with van der Waals surface area (Å²) in [5.41, 5.74) is 0.0178. The van der Waals surface area contributed by atoms with Crippen LogP contribution < -0.4 is 10.0 Å². The lowest BCUT2D eigenvalue weighted by molar-refractivity contribution is 0.101. The van der Waals surface area contributed by atoms with E-state index in [0.717, 1.165) is 17.6 Å². The van der Waals surface area contributed by atoms with Crippen molar-refractivity contribution in [1.29, 1.82) is 0 Å². The van der Waals surface area contributed by atoms with Gasteiger partial charge in [-0.1, -0.05) is 16.5 Å². The van der Waals surface area contributed by atoms with Crippen LogP contribution in [-0.2, 0) is 10.0 Å². The Labute approximate surface area is 133 Å². The van der Waals surface area contributed by atoms with Gasteiger partial charge in [0.1, 0.15) is 0 Å². The zero-order valence-electron chi connectivity index (χ0n) is 11.5. The first-order valence-electron chi connectivity index (χ1n) is 6.04. The number of hydrogen-bond acceptors (Lipinski definition) is 9. The number of aromatic nitrogens is 3. The molecule has 1 amide bonds. The quantitative estimate of drug-likeness (QED) is 0.700. The largest absolute Gasteiger partial charge is 0.461 e. The van der Waals surface area contributed by atoms with Crippen molar-refractivity contribution in [2.24, 2.45) is 0 Å². The number of furan rings is 1. The van der Waals surface area contributed by atoms with E-state index in [1.54, 1.807) is 12.1 Å². The Morgan fingerprint density at radius 1 is 1.26 bits per heavy atom. The minimum atomic E-state index is -3.46. The van der Waals surface area contributed by atoms with Gasteiger partial charge in [-0.3, -0.25) is 14.8 Å². The molecule has 3 rings (SSSR count). The van der Waals surface area contributed by atoms with Gasteiger partial charge in [0.25, 0.3) is 5.91 Å². The number of carbonyl (C=O) groups excluding carboxylic acids is 1. The molecule has 10 nitrogen and oxygen atoms in total. The summed E-state index contributed by atoms with van der Waals surface area (Å²) in [6.45, 7) is 0. The Kier molecular flexibility index (Phi) is 3.83. The SMILES string of the molecule is CS(=O)(=O)Nc1nnc(NC(=O)c2cc(-c3ccco3)on2)s1. The lowest BCUT2D eigenvalue weighted by atomic mass is 10.3. The second-order valence-electron chi connectivity index (χ2n) is 4.29. The van der Waals surface area contributed by atoms with E-state index < -0.39 is 15.9 Å². The average Bonchev–Trinajstić information content (AvgIpc) is 3.17. The number of nitrogens with one attached hydrogen (secondary N) is 2. The van der Waals surface area contributed by atoms with Crippen molar-refractivity contribution < 1.29 is 22.2 Å². The first kappa shape index (κ1) is 15.2. The predicted molar refractivity (Wildman–Crippen MR) is 80.5 cm³/mol. The number of hydrogen-bond donors (Lipinski definition) is 2. The van der Waals surface area contributed by atoms with E-state index in [9.17, 15) is 13.2 Å². The van der Waals surface area contributed by atoms with Gasteiger partial charge in [-0.15, -0.1) is 10.2 Å². The highest BCUT2D eigenvalue weighted by molar-refractivity contribution is 7.92. The first-order chi connectivity index (χ1) is 10.9. The van der Waals surface area contributed by atoms with Crippen molar-refractivity contribution in [2.45, 2.75) is 0 Å². The third-order valence-electron chi connectivity index (χ3n) is 2.42. The van der Waals surface area contributed by atoms with Gasteiger partial charge < -0.3 is 8.94 Å². The van der Waals surface area contributed by atoms with Crippen molar-refractivity contribution in [1.82, 2.24) is 15.4 Å². The van der Waals surface area contributed by atoms with Gasteiger partial charge in [0.15, 0.2) is 11.5 Å². The molecule has 0 bridgehead atoms. The molecule has 0 spiro atoms. The molecule has 2 N–H and O–H groups in total. The van der Waals surface area contributed by atoms with Crippen molar-refractivity contribution >= 4 is 37.5 Å².